The molecule has 0 saturated carbocycles. The molecule has 0 aliphatic heterocycles. The first-order valence-electron chi connectivity index (χ1n) is 6.23. The van der Waals surface area contributed by atoms with Crippen molar-refractivity contribution < 1.29 is 0 Å². The van der Waals surface area contributed by atoms with E-state index in [-0.39, 0.29) is 5.41 Å². The van der Waals surface area contributed by atoms with E-state index < -0.39 is 0 Å². The number of nitrogens with zero attached hydrogens (tertiary/aromatic N) is 2. The molecule has 2 rings (SSSR count). The van der Waals surface area contributed by atoms with E-state index in [1.807, 2.05) is 6.92 Å². The second kappa shape index (κ2) is 5.21. The highest BCUT2D eigenvalue weighted by Crippen LogP contribution is 2.31. The minimum atomic E-state index is 0.179. The number of benzene rings is 1. The minimum Gasteiger partial charge on any atom is -0.383 e. The molecule has 0 bridgehead atoms. The zero-order chi connectivity index (χ0) is 14.0. The topological polar surface area (TPSA) is 51.8 Å². The van der Waals surface area contributed by atoms with Crippen LogP contribution in [0.4, 0.5) is 5.82 Å². The van der Waals surface area contributed by atoms with Gasteiger partial charge in [0.25, 0.3) is 0 Å². The molecular formula is C15H19N3S. The van der Waals surface area contributed by atoms with E-state index >= 15 is 0 Å². The Hall–Kier alpha value is -1.55. The molecule has 0 atom stereocenters. The molecule has 2 aromatic rings. The molecule has 0 aliphatic carbocycles. The highest BCUT2D eigenvalue weighted by atomic mass is 32.2. The van der Waals surface area contributed by atoms with Crippen molar-refractivity contribution in [1.82, 2.24) is 9.97 Å². The lowest BCUT2D eigenvalue weighted by atomic mass is 9.87. The van der Waals surface area contributed by atoms with Gasteiger partial charge in [-0.1, -0.05) is 44.7 Å². The highest BCUT2D eigenvalue weighted by Gasteiger charge is 2.13. The number of hydrogen-bond acceptors (Lipinski definition) is 4. The maximum absolute atomic E-state index is 5.79. The van der Waals surface area contributed by atoms with Crippen LogP contribution in [0.5, 0.6) is 0 Å². The summed E-state index contributed by atoms with van der Waals surface area (Å²) < 4.78 is 0. The molecule has 1 aromatic carbocycles. The Bertz CT molecular complexity index is 571. The third-order valence-electron chi connectivity index (χ3n) is 3.01. The lowest BCUT2D eigenvalue weighted by Gasteiger charge is -2.19. The van der Waals surface area contributed by atoms with Crippen LogP contribution < -0.4 is 5.73 Å². The summed E-state index contributed by atoms with van der Waals surface area (Å²) in [5, 5.41) is 0.913. The zero-order valence-corrected chi connectivity index (χ0v) is 12.6. The first-order chi connectivity index (χ1) is 8.88. The molecule has 0 amide bonds. The summed E-state index contributed by atoms with van der Waals surface area (Å²) in [6, 6.07) is 8.59. The van der Waals surface area contributed by atoms with Gasteiger partial charge in [0, 0.05) is 10.5 Å². The summed E-state index contributed by atoms with van der Waals surface area (Å²) >= 11 is 1.62. The highest BCUT2D eigenvalue weighted by molar-refractivity contribution is 7.99. The molecule has 0 unspecified atom stereocenters. The van der Waals surface area contributed by atoms with Gasteiger partial charge in [-0.25, -0.2) is 9.97 Å². The number of rotatable bonds is 2. The van der Waals surface area contributed by atoms with E-state index in [9.17, 15) is 0 Å². The fourth-order valence-electron chi connectivity index (χ4n) is 1.68. The van der Waals surface area contributed by atoms with Crippen LogP contribution in [-0.4, -0.2) is 9.97 Å². The quantitative estimate of drug-likeness (QED) is 0.845. The summed E-state index contributed by atoms with van der Waals surface area (Å²) in [5.41, 5.74) is 8.24. The van der Waals surface area contributed by atoms with Gasteiger partial charge in [0.15, 0.2) is 0 Å². The van der Waals surface area contributed by atoms with E-state index in [2.05, 4.69) is 55.0 Å². The molecule has 0 aliphatic rings. The van der Waals surface area contributed by atoms with Crippen molar-refractivity contribution in [3.63, 3.8) is 0 Å². The van der Waals surface area contributed by atoms with Gasteiger partial charge in [-0.3, -0.25) is 0 Å². The predicted octanol–water partition coefficient (Wildman–Crippen LogP) is 3.82. The molecule has 1 aromatic heterocycles. The average molecular weight is 273 g/mol. The molecule has 0 radical (unpaired) electrons. The Kier molecular flexibility index (Phi) is 3.80. The zero-order valence-electron chi connectivity index (χ0n) is 11.8. The number of nitrogen functional groups attached to an aromatic ring is 1. The fraction of sp³-hybridized carbons (Fsp3) is 0.333. The molecule has 4 heteroatoms. The van der Waals surface area contributed by atoms with Gasteiger partial charge in [0.2, 0.25) is 0 Å². The van der Waals surface area contributed by atoms with Gasteiger partial charge in [-0.2, -0.15) is 0 Å². The van der Waals surface area contributed by atoms with Crippen molar-refractivity contribution in [3.05, 3.63) is 41.7 Å². The number of anilines is 1. The lowest BCUT2D eigenvalue weighted by molar-refractivity contribution is 0.590. The molecule has 100 valence electrons. The molecule has 0 fully saturated rings. The summed E-state index contributed by atoms with van der Waals surface area (Å²) in [5.74, 6) is 0.545. The third kappa shape index (κ3) is 3.26. The SMILES string of the molecule is Cc1c(N)ncnc1Sc1ccc(C(C)(C)C)cc1. The normalized spacial score (nSPS) is 11.6. The number of nitrogens with two attached hydrogens (primary N) is 1. The van der Waals surface area contributed by atoms with Crippen molar-refractivity contribution in [2.45, 2.75) is 43.0 Å². The van der Waals surface area contributed by atoms with Crippen LogP contribution in [-0.2, 0) is 5.41 Å². The molecule has 19 heavy (non-hydrogen) atoms. The molecule has 0 saturated heterocycles. The van der Waals surface area contributed by atoms with Crippen LogP contribution in [0.25, 0.3) is 0 Å². The van der Waals surface area contributed by atoms with Gasteiger partial charge in [0.1, 0.15) is 17.2 Å². The van der Waals surface area contributed by atoms with E-state index in [0.29, 0.717) is 5.82 Å². The van der Waals surface area contributed by atoms with Crippen LogP contribution >= 0.6 is 11.8 Å². The van der Waals surface area contributed by atoms with Gasteiger partial charge < -0.3 is 5.73 Å². The Morgan fingerprint density at radius 3 is 2.26 bits per heavy atom. The summed E-state index contributed by atoms with van der Waals surface area (Å²) in [6.45, 7) is 8.58. The molecule has 1 heterocycles. The fourth-order valence-corrected chi connectivity index (χ4v) is 2.54. The van der Waals surface area contributed by atoms with Crippen LogP contribution in [0.15, 0.2) is 40.5 Å². The van der Waals surface area contributed by atoms with Crippen molar-refractivity contribution >= 4 is 17.6 Å². The van der Waals surface area contributed by atoms with Crippen molar-refractivity contribution in [1.29, 1.82) is 0 Å². The Balaban J connectivity index is 2.23. The van der Waals surface area contributed by atoms with E-state index in [1.165, 1.54) is 11.9 Å². The van der Waals surface area contributed by atoms with Crippen molar-refractivity contribution in [2.75, 3.05) is 5.73 Å². The molecule has 3 nitrogen and oxygen atoms in total. The summed E-state index contributed by atoms with van der Waals surface area (Å²) in [6.07, 6.45) is 1.51. The van der Waals surface area contributed by atoms with E-state index in [1.54, 1.807) is 11.8 Å². The van der Waals surface area contributed by atoms with Crippen molar-refractivity contribution in [3.8, 4) is 0 Å². The smallest absolute Gasteiger partial charge is 0.130 e. The minimum absolute atomic E-state index is 0.179. The Morgan fingerprint density at radius 1 is 1.05 bits per heavy atom. The van der Waals surface area contributed by atoms with E-state index in [0.717, 1.165) is 15.5 Å². The monoisotopic (exact) mass is 273 g/mol. The second-order valence-corrected chi connectivity index (χ2v) is 6.63. The van der Waals surface area contributed by atoms with Crippen LogP contribution in [0, 0.1) is 6.92 Å². The average Bonchev–Trinajstić information content (AvgIpc) is 2.35. The van der Waals surface area contributed by atoms with Crippen LogP contribution in [0.3, 0.4) is 0 Å². The lowest BCUT2D eigenvalue weighted by Crippen LogP contribution is -2.10. The van der Waals surface area contributed by atoms with Gasteiger partial charge in [0.05, 0.1) is 0 Å². The van der Waals surface area contributed by atoms with Crippen molar-refractivity contribution in [2.24, 2.45) is 0 Å². The Labute approximate surface area is 118 Å². The first kappa shape index (κ1) is 13.9. The standard InChI is InChI=1S/C15H19N3S/c1-10-13(16)17-9-18-14(10)19-12-7-5-11(6-8-12)15(2,3)4/h5-9H,1-4H3,(H2,16,17,18). The third-order valence-corrected chi connectivity index (χ3v) is 4.12. The predicted molar refractivity (Wildman–Crippen MR) is 80.4 cm³/mol. The van der Waals surface area contributed by atoms with Gasteiger partial charge >= 0.3 is 0 Å². The maximum atomic E-state index is 5.79. The number of hydrogen-bond donors (Lipinski definition) is 1. The molecule has 0 spiro atoms. The van der Waals surface area contributed by atoms with E-state index in [4.69, 9.17) is 5.73 Å². The molecular weight excluding hydrogens is 254 g/mol. The maximum Gasteiger partial charge on any atom is 0.130 e. The summed E-state index contributed by atoms with van der Waals surface area (Å²) in [4.78, 5) is 9.42. The van der Waals surface area contributed by atoms with Gasteiger partial charge in [-0.15, -0.1) is 0 Å². The Morgan fingerprint density at radius 2 is 1.68 bits per heavy atom. The largest absolute Gasteiger partial charge is 0.383 e. The van der Waals surface area contributed by atoms with Gasteiger partial charge in [-0.05, 0) is 30.0 Å². The van der Waals surface area contributed by atoms with Crippen LogP contribution in [0.1, 0.15) is 31.9 Å². The second-order valence-electron chi connectivity index (χ2n) is 5.57. The first-order valence-corrected chi connectivity index (χ1v) is 7.05. The molecule has 2 N–H and O–H groups in total. The van der Waals surface area contributed by atoms with Crippen LogP contribution in [0.2, 0.25) is 0 Å². The number of aromatic nitrogens is 2. The summed E-state index contributed by atoms with van der Waals surface area (Å²) in [7, 11) is 0.